The summed E-state index contributed by atoms with van der Waals surface area (Å²) in [4.78, 5) is 15.4. The molecule has 0 unspecified atom stereocenters. The van der Waals surface area contributed by atoms with E-state index in [1.807, 2.05) is 0 Å². The third kappa shape index (κ3) is 2.67. The van der Waals surface area contributed by atoms with Gasteiger partial charge in [-0.2, -0.15) is 0 Å². The van der Waals surface area contributed by atoms with Gasteiger partial charge in [-0.25, -0.2) is 13.8 Å². The van der Waals surface area contributed by atoms with Crippen molar-refractivity contribution in [2.24, 2.45) is 0 Å². The van der Waals surface area contributed by atoms with Gasteiger partial charge >= 0.3 is 0 Å². The van der Waals surface area contributed by atoms with E-state index in [0.29, 0.717) is 11.3 Å². The molecule has 1 heterocycles. The molecule has 1 aromatic carbocycles. The fraction of sp³-hybridized carbons (Fsp3) is 0.0769. The van der Waals surface area contributed by atoms with Crippen molar-refractivity contribution >= 4 is 17.4 Å². The molecule has 98 valence electrons. The maximum Gasteiger partial charge on any atom is 0.258 e. The number of nitrogens with two attached hydrogens (primary N) is 1. The van der Waals surface area contributed by atoms with E-state index in [1.165, 1.54) is 30.5 Å². The van der Waals surface area contributed by atoms with Crippen LogP contribution in [0.4, 0.5) is 20.3 Å². The Bertz CT molecular complexity index is 644. The molecule has 4 nitrogen and oxygen atoms in total. The van der Waals surface area contributed by atoms with Crippen LogP contribution in [0, 0.1) is 18.6 Å². The van der Waals surface area contributed by atoms with Gasteiger partial charge in [0.15, 0.2) is 11.6 Å². The zero-order valence-electron chi connectivity index (χ0n) is 10.1. The number of hydrogen-bond acceptors (Lipinski definition) is 3. The fourth-order valence-electron chi connectivity index (χ4n) is 1.59. The van der Waals surface area contributed by atoms with Crippen LogP contribution in [0.2, 0.25) is 0 Å². The third-order valence-corrected chi connectivity index (χ3v) is 2.60. The van der Waals surface area contributed by atoms with Crippen LogP contribution in [0.25, 0.3) is 0 Å². The van der Waals surface area contributed by atoms with Gasteiger partial charge in [-0.1, -0.05) is 0 Å². The van der Waals surface area contributed by atoms with Crippen molar-refractivity contribution in [2.45, 2.75) is 6.92 Å². The third-order valence-electron chi connectivity index (χ3n) is 2.60. The van der Waals surface area contributed by atoms with Crippen LogP contribution < -0.4 is 11.1 Å². The van der Waals surface area contributed by atoms with Crippen molar-refractivity contribution in [2.75, 3.05) is 11.1 Å². The maximum atomic E-state index is 13.6. The number of carbonyl (C=O) groups excluding carboxylic acids is 1. The average molecular weight is 263 g/mol. The quantitative estimate of drug-likeness (QED) is 0.874. The summed E-state index contributed by atoms with van der Waals surface area (Å²) in [7, 11) is 0. The zero-order valence-corrected chi connectivity index (χ0v) is 10.1. The largest absolute Gasteiger partial charge is 0.381 e. The molecular formula is C13H11F2N3O. The van der Waals surface area contributed by atoms with Crippen LogP contribution in [-0.4, -0.2) is 10.9 Å². The van der Waals surface area contributed by atoms with E-state index in [2.05, 4.69) is 10.3 Å². The molecule has 3 N–H and O–H groups in total. The first-order chi connectivity index (χ1) is 8.99. The van der Waals surface area contributed by atoms with E-state index in [-0.39, 0.29) is 11.4 Å². The molecule has 0 saturated carbocycles. The molecule has 0 aliphatic rings. The summed E-state index contributed by atoms with van der Waals surface area (Å²) < 4.78 is 26.5. The van der Waals surface area contributed by atoms with Gasteiger partial charge in [-0.3, -0.25) is 4.79 Å². The number of nitrogens with one attached hydrogen (secondary N) is 1. The number of nitrogens with zero attached hydrogens (tertiary/aromatic N) is 1. The number of rotatable bonds is 2. The number of halogens is 2. The molecule has 0 fully saturated rings. The van der Waals surface area contributed by atoms with E-state index in [0.717, 1.165) is 0 Å². The van der Waals surface area contributed by atoms with E-state index < -0.39 is 17.5 Å². The van der Waals surface area contributed by atoms with E-state index in [4.69, 9.17) is 5.73 Å². The minimum atomic E-state index is -0.875. The number of aromatic nitrogens is 1. The number of amides is 1. The Morgan fingerprint density at radius 3 is 2.74 bits per heavy atom. The van der Waals surface area contributed by atoms with E-state index in [1.54, 1.807) is 6.92 Å². The van der Waals surface area contributed by atoms with Crippen molar-refractivity contribution in [1.82, 2.24) is 4.98 Å². The normalized spacial score (nSPS) is 10.3. The summed E-state index contributed by atoms with van der Waals surface area (Å²) in [5.41, 5.74) is 6.02. The molecule has 1 aromatic heterocycles. The molecule has 1 amide bonds. The summed E-state index contributed by atoms with van der Waals surface area (Å²) in [6.45, 7) is 1.63. The van der Waals surface area contributed by atoms with Crippen molar-refractivity contribution in [3.8, 4) is 0 Å². The molecule has 2 aromatic rings. The Hall–Kier alpha value is -2.50. The van der Waals surface area contributed by atoms with Crippen LogP contribution >= 0.6 is 0 Å². The van der Waals surface area contributed by atoms with Crippen molar-refractivity contribution < 1.29 is 13.6 Å². The lowest BCUT2D eigenvalue weighted by Crippen LogP contribution is -2.16. The number of hydrogen-bond donors (Lipinski definition) is 2. The van der Waals surface area contributed by atoms with Gasteiger partial charge in [0.05, 0.1) is 5.56 Å². The predicted octanol–water partition coefficient (Wildman–Crippen LogP) is 2.50. The first kappa shape index (κ1) is 12.9. The highest BCUT2D eigenvalue weighted by Crippen LogP contribution is 2.18. The second kappa shape index (κ2) is 5.01. The summed E-state index contributed by atoms with van der Waals surface area (Å²) in [5.74, 6) is -2.29. The van der Waals surface area contributed by atoms with Crippen molar-refractivity contribution in [3.63, 3.8) is 0 Å². The Kier molecular flexibility index (Phi) is 3.41. The number of pyridine rings is 1. The van der Waals surface area contributed by atoms with Gasteiger partial charge in [-0.05, 0) is 36.8 Å². The number of aryl methyl sites for hydroxylation is 1. The van der Waals surface area contributed by atoms with Gasteiger partial charge in [0, 0.05) is 11.9 Å². The highest BCUT2D eigenvalue weighted by atomic mass is 19.1. The van der Waals surface area contributed by atoms with Crippen LogP contribution in [0.5, 0.6) is 0 Å². The van der Waals surface area contributed by atoms with Gasteiger partial charge in [-0.15, -0.1) is 0 Å². The number of carbonyl (C=O) groups is 1. The van der Waals surface area contributed by atoms with Crippen molar-refractivity contribution in [3.05, 3.63) is 53.2 Å². The number of benzene rings is 1. The molecule has 2 rings (SSSR count). The molecule has 0 aliphatic carbocycles. The van der Waals surface area contributed by atoms with Crippen LogP contribution in [0.1, 0.15) is 15.9 Å². The molecule has 0 radical (unpaired) electrons. The lowest BCUT2D eigenvalue weighted by Gasteiger charge is -2.09. The van der Waals surface area contributed by atoms with Crippen LogP contribution in [-0.2, 0) is 0 Å². The highest BCUT2D eigenvalue weighted by Gasteiger charge is 2.15. The Labute approximate surface area is 108 Å². The lowest BCUT2D eigenvalue weighted by atomic mass is 10.1. The minimum absolute atomic E-state index is 0.212. The molecule has 0 bridgehead atoms. The van der Waals surface area contributed by atoms with Crippen molar-refractivity contribution in [1.29, 1.82) is 0 Å². The fourth-order valence-corrected chi connectivity index (χ4v) is 1.59. The molecule has 19 heavy (non-hydrogen) atoms. The smallest absolute Gasteiger partial charge is 0.258 e. The summed E-state index contributed by atoms with van der Waals surface area (Å²) >= 11 is 0. The minimum Gasteiger partial charge on any atom is -0.381 e. The SMILES string of the molecule is Cc1cc(F)ccc1NC(=O)c1ccnc(N)c1F. The van der Waals surface area contributed by atoms with Gasteiger partial charge in [0.25, 0.3) is 5.91 Å². The number of anilines is 2. The summed E-state index contributed by atoms with van der Waals surface area (Å²) in [6, 6.07) is 5.11. The van der Waals surface area contributed by atoms with Crippen LogP contribution in [0.3, 0.4) is 0 Å². The monoisotopic (exact) mass is 263 g/mol. The zero-order chi connectivity index (χ0) is 14.0. The standard InChI is InChI=1S/C13H11F2N3O/c1-7-6-8(14)2-3-10(7)18-13(19)9-4-5-17-12(16)11(9)15/h2-6H,1H3,(H2,16,17)(H,18,19). The molecule has 0 saturated heterocycles. The van der Waals surface area contributed by atoms with Gasteiger partial charge < -0.3 is 11.1 Å². The molecule has 6 heteroatoms. The van der Waals surface area contributed by atoms with E-state index in [9.17, 15) is 13.6 Å². The van der Waals surface area contributed by atoms with E-state index >= 15 is 0 Å². The Morgan fingerprint density at radius 1 is 1.32 bits per heavy atom. The topological polar surface area (TPSA) is 68.0 Å². The second-order valence-corrected chi connectivity index (χ2v) is 3.97. The Morgan fingerprint density at radius 2 is 2.05 bits per heavy atom. The number of nitrogen functional groups attached to an aromatic ring is 1. The average Bonchev–Trinajstić information content (AvgIpc) is 2.36. The molecular weight excluding hydrogens is 252 g/mol. The first-order valence-corrected chi connectivity index (χ1v) is 5.46. The van der Waals surface area contributed by atoms with Gasteiger partial charge in [0.2, 0.25) is 0 Å². The summed E-state index contributed by atoms with van der Waals surface area (Å²) in [5, 5.41) is 2.49. The first-order valence-electron chi connectivity index (χ1n) is 5.46. The Balaban J connectivity index is 2.28. The van der Waals surface area contributed by atoms with Gasteiger partial charge in [0.1, 0.15) is 5.82 Å². The maximum absolute atomic E-state index is 13.6. The predicted molar refractivity (Wildman–Crippen MR) is 67.7 cm³/mol. The van der Waals surface area contributed by atoms with Crippen LogP contribution in [0.15, 0.2) is 30.5 Å². The molecule has 0 aliphatic heterocycles. The lowest BCUT2D eigenvalue weighted by molar-refractivity contribution is 0.102. The molecule has 0 atom stereocenters. The second-order valence-electron chi connectivity index (χ2n) is 3.97. The highest BCUT2D eigenvalue weighted by molar-refractivity contribution is 6.05. The summed E-state index contributed by atoms with van der Waals surface area (Å²) in [6.07, 6.45) is 1.24. The molecule has 0 spiro atoms.